The number of rotatable bonds is 3. The van der Waals surface area contributed by atoms with Crippen LogP contribution < -0.4 is 5.32 Å². The molecule has 0 radical (unpaired) electrons. The average Bonchev–Trinajstić information content (AvgIpc) is 2.56. The van der Waals surface area contributed by atoms with E-state index >= 15 is 0 Å². The number of hydrogen-bond donors (Lipinski definition) is 2. The number of halogens is 1. The zero-order valence-corrected chi connectivity index (χ0v) is 13.6. The van der Waals surface area contributed by atoms with Gasteiger partial charge < -0.3 is 10.4 Å². The van der Waals surface area contributed by atoms with Crippen molar-refractivity contribution in [3.8, 4) is 0 Å². The number of anilines is 1. The summed E-state index contributed by atoms with van der Waals surface area (Å²) in [6.45, 7) is 0. The first-order valence-electron chi connectivity index (χ1n) is 7.87. The van der Waals surface area contributed by atoms with Crippen LogP contribution in [0.1, 0.15) is 42.7 Å². The molecule has 0 amide bonds. The molecule has 22 heavy (non-hydrogen) atoms. The van der Waals surface area contributed by atoms with E-state index in [-0.39, 0.29) is 0 Å². The predicted octanol–water partition coefficient (Wildman–Crippen LogP) is 4.93. The van der Waals surface area contributed by atoms with Gasteiger partial charge in [0.1, 0.15) is 0 Å². The Bertz CT molecular complexity index is 613. The Labute approximate surface area is 137 Å². The van der Waals surface area contributed by atoms with Gasteiger partial charge >= 0.3 is 0 Å². The van der Waals surface area contributed by atoms with E-state index in [4.69, 9.17) is 11.6 Å². The lowest BCUT2D eigenvalue weighted by Gasteiger charge is -2.36. The second-order valence-electron chi connectivity index (χ2n) is 6.18. The molecule has 2 aromatic carbocycles. The van der Waals surface area contributed by atoms with Crippen molar-refractivity contribution in [1.29, 1.82) is 0 Å². The Morgan fingerprint density at radius 3 is 2.14 bits per heavy atom. The van der Waals surface area contributed by atoms with Gasteiger partial charge in [-0.25, -0.2) is 0 Å². The minimum atomic E-state index is -0.702. The maximum absolute atomic E-state index is 10.9. The largest absolute Gasteiger partial charge is 0.388 e. The molecule has 0 atom stereocenters. The number of nitrogens with one attached hydrogen (secondary N) is 1. The maximum atomic E-state index is 10.9. The summed E-state index contributed by atoms with van der Waals surface area (Å²) in [6.07, 6.45) is 3.62. The maximum Gasteiger partial charge on any atom is 0.0897 e. The second-order valence-corrected chi connectivity index (χ2v) is 6.62. The van der Waals surface area contributed by atoms with Crippen LogP contribution in [0.4, 0.5) is 5.69 Å². The van der Waals surface area contributed by atoms with Crippen molar-refractivity contribution in [1.82, 2.24) is 0 Å². The fourth-order valence-corrected chi connectivity index (χ4v) is 3.53. The van der Waals surface area contributed by atoms with Gasteiger partial charge in [0, 0.05) is 17.8 Å². The zero-order valence-electron chi connectivity index (χ0n) is 12.8. The molecule has 0 bridgehead atoms. The Hall–Kier alpha value is -1.51. The smallest absolute Gasteiger partial charge is 0.0897 e. The van der Waals surface area contributed by atoms with Crippen LogP contribution in [-0.2, 0) is 5.60 Å². The topological polar surface area (TPSA) is 32.3 Å². The van der Waals surface area contributed by atoms with E-state index in [1.165, 1.54) is 5.56 Å². The molecule has 0 unspecified atom stereocenters. The third-order valence-corrected chi connectivity index (χ3v) is 5.12. The monoisotopic (exact) mass is 315 g/mol. The van der Waals surface area contributed by atoms with Crippen LogP contribution in [0.25, 0.3) is 0 Å². The van der Waals surface area contributed by atoms with E-state index in [9.17, 15) is 5.11 Å². The van der Waals surface area contributed by atoms with Crippen molar-refractivity contribution in [3.63, 3.8) is 0 Å². The fourth-order valence-electron chi connectivity index (χ4n) is 3.40. The number of hydrogen-bond acceptors (Lipinski definition) is 2. The molecule has 0 spiro atoms. The minimum Gasteiger partial charge on any atom is -0.388 e. The van der Waals surface area contributed by atoms with Gasteiger partial charge in [0.15, 0.2) is 0 Å². The van der Waals surface area contributed by atoms with Crippen molar-refractivity contribution >= 4 is 17.3 Å². The lowest BCUT2D eigenvalue weighted by atomic mass is 9.73. The van der Waals surface area contributed by atoms with E-state index in [0.717, 1.165) is 36.9 Å². The van der Waals surface area contributed by atoms with Gasteiger partial charge in [0.25, 0.3) is 0 Å². The van der Waals surface area contributed by atoms with Crippen molar-refractivity contribution in [2.45, 2.75) is 37.2 Å². The molecular weight excluding hydrogens is 294 g/mol. The fraction of sp³-hybridized carbons (Fsp3) is 0.368. The molecule has 1 fully saturated rings. The van der Waals surface area contributed by atoms with Crippen molar-refractivity contribution in [3.05, 3.63) is 64.7 Å². The van der Waals surface area contributed by atoms with Crippen molar-refractivity contribution < 1.29 is 5.11 Å². The average molecular weight is 316 g/mol. The van der Waals surface area contributed by atoms with Gasteiger partial charge in [-0.3, -0.25) is 0 Å². The van der Waals surface area contributed by atoms with Crippen LogP contribution in [0, 0.1) is 0 Å². The van der Waals surface area contributed by atoms with E-state index in [2.05, 4.69) is 29.6 Å². The van der Waals surface area contributed by atoms with Gasteiger partial charge in [-0.15, -0.1) is 0 Å². The highest BCUT2D eigenvalue weighted by molar-refractivity contribution is 6.30. The SMILES string of the molecule is CNc1ccc(C2CCC(O)(c3ccc(Cl)cc3)CC2)cc1. The first-order valence-corrected chi connectivity index (χ1v) is 8.25. The molecule has 0 heterocycles. The summed E-state index contributed by atoms with van der Waals surface area (Å²) in [7, 11) is 1.93. The van der Waals surface area contributed by atoms with Crippen LogP contribution in [-0.4, -0.2) is 12.2 Å². The molecule has 2 aromatic rings. The quantitative estimate of drug-likeness (QED) is 0.842. The molecular formula is C19H22ClNO. The molecule has 0 aromatic heterocycles. The standard InChI is InChI=1S/C19H22ClNO/c1-21-18-8-2-14(3-9-18)15-10-12-19(22,13-11-15)16-4-6-17(20)7-5-16/h2-9,15,21-22H,10-13H2,1H3. The highest BCUT2D eigenvalue weighted by Gasteiger charge is 2.35. The Morgan fingerprint density at radius 1 is 1.00 bits per heavy atom. The van der Waals surface area contributed by atoms with Gasteiger partial charge in [0.05, 0.1) is 5.60 Å². The number of aliphatic hydroxyl groups is 1. The first-order chi connectivity index (χ1) is 10.6. The number of benzene rings is 2. The minimum absolute atomic E-state index is 0.540. The molecule has 3 rings (SSSR count). The second kappa shape index (κ2) is 6.31. The summed E-state index contributed by atoms with van der Waals surface area (Å²) in [5.74, 6) is 0.540. The molecule has 1 aliphatic rings. The van der Waals surface area contributed by atoms with E-state index in [1.807, 2.05) is 31.3 Å². The van der Waals surface area contributed by atoms with Crippen LogP contribution in [0.15, 0.2) is 48.5 Å². The summed E-state index contributed by atoms with van der Waals surface area (Å²) in [6, 6.07) is 16.3. The zero-order chi connectivity index (χ0) is 15.6. The Morgan fingerprint density at radius 2 is 1.59 bits per heavy atom. The third kappa shape index (κ3) is 3.13. The summed E-state index contributed by atoms with van der Waals surface area (Å²) in [5, 5.41) is 14.8. The van der Waals surface area contributed by atoms with Crippen molar-refractivity contribution in [2.24, 2.45) is 0 Å². The molecule has 1 aliphatic carbocycles. The van der Waals surface area contributed by atoms with Crippen LogP contribution >= 0.6 is 11.6 Å². The molecule has 116 valence electrons. The molecule has 3 heteroatoms. The highest BCUT2D eigenvalue weighted by Crippen LogP contribution is 2.43. The van der Waals surface area contributed by atoms with Crippen LogP contribution in [0.3, 0.4) is 0 Å². The first kappa shape index (κ1) is 15.4. The van der Waals surface area contributed by atoms with Crippen molar-refractivity contribution in [2.75, 3.05) is 12.4 Å². The summed E-state index contributed by atoms with van der Waals surface area (Å²) in [5.41, 5.74) is 2.79. The van der Waals surface area contributed by atoms with Crippen LogP contribution in [0.2, 0.25) is 5.02 Å². The molecule has 2 nitrogen and oxygen atoms in total. The van der Waals surface area contributed by atoms with Gasteiger partial charge in [-0.05, 0) is 67.0 Å². The van der Waals surface area contributed by atoms with Crippen LogP contribution in [0.5, 0.6) is 0 Å². The summed E-state index contributed by atoms with van der Waals surface area (Å²) < 4.78 is 0. The molecule has 0 aliphatic heterocycles. The predicted molar refractivity (Wildman–Crippen MR) is 92.5 cm³/mol. The van der Waals surface area contributed by atoms with E-state index in [0.29, 0.717) is 10.9 Å². The van der Waals surface area contributed by atoms with Gasteiger partial charge in [-0.2, -0.15) is 0 Å². The third-order valence-electron chi connectivity index (χ3n) is 4.87. The van der Waals surface area contributed by atoms with Gasteiger partial charge in [-0.1, -0.05) is 35.9 Å². The molecule has 0 saturated heterocycles. The molecule has 2 N–H and O–H groups in total. The Kier molecular flexibility index (Phi) is 4.42. The highest BCUT2D eigenvalue weighted by atomic mass is 35.5. The lowest BCUT2D eigenvalue weighted by Crippen LogP contribution is -2.30. The van der Waals surface area contributed by atoms with E-state index < -0.39 is 5.60 Å². The summed E-state index contributed by atoms with van der Waals surface area (Å²) >= 11 is 5.94. The normalized spacial score (nSPS) is 25.0. The lowest BCUT2D eigenvalue weighted by molar-refractivity contribution is -0.00565. The Balaban J connectivity index is 1.69. The van der Waals surface area contributed by atoms with E-state index in [1.54, 1.807) is 0 Å². The molecule has 1 saturated carbocycles. The van der Waals surface area contributed by atoms with Gasteiger partial charge in [0.2, 0.25) is 0 Å². The summed E-state index contributed by atoms with van der Waals surface area (Å²) in [4.78, 5) is 0.